The van der Waals surface area contributed by atoms with Gasteiger partial charge >= 0.3 is 0 Å². The fourth-order valence-electron chi connectivity index (χ4n) is 3.37. The molecular formula is C21H20ClN3O4. The molecule has 1 aliphatic rings. The second kappa shape index (κ2) is 8.23. The number of amides is 1. The fourth-order valence-corrected chi connectivity index (χ4v) is 3.54. The molecule has 0 saturated carbocycles. The molecular weight excluding hydrogens is 394 g/mol. The van der Waals surface area contributed by atoms with Gasteiger partial charge in [-0.2, -0.15) is 5.10 Å². The molecule has 0 bridgehead atoms. The molecule has 2 aromatic carbocycles. The highest BCUT2D eigenvalue weighted by Gasteiger charge is 2.28. The van der Waals surface area contributed by atoms with Gasteiger partial charge in [-0.3, -0.25) is 14.7 Å². The summed E-state index contributed by atoms with van der Waals surface area (Å²) in [5.74, 6) is 0.174. The topological polar surface area (TPSA) is 84.5 Å². The molecule has 0 radical (unpaired) electrons. The Balaban J connectivity index is 1.44. The minimum atomic E-state index is -0.312. The number of ether oxygens (including phenoxy) is 2. The second-order valence-corrected chi connectivity index (χ2v) is 7.31. The number of carbonyl (C=O) groups is 2. The van der Waals surface area contributed by atoms with Crippen molar-refractivity contribution in [1.82, 2.24) is 15.1 Å². The number of H-pyrrole nitrogens is 1. The molecule has 1 fully saturated rings. The molecule has 1 unspecified atom stereocenters. The molecule has 29 heavy (non-hydrogen) atoms. The summed E-state index contributed by atoms with van der Waals surface area (Å²) in [7, 11) is 0. The number of nitrogens with zero attached hydrogens (tertiary/aromatic N) is 2. The first kappa shape index (κ1) is 19.4. The quantitative estimate of drug-likeness (QED) is 0.648. The van der Waals surface area contributed by atoms with Crippen LogP contribution in [0.5, 0.6) is 5.75 Å². The summed E-state index contributed by atoms with van der Waals surface area (Å²) in [5, 5.41) is 8.35. The highest BCUT2D eigenvalue weighted by atomic mass is 35.5. The van der Waals surface area contributed by atoms with E-state index in [0.29, 0.717) is 41.7 Å². The molecule has 1 saturated heterocycles. The van der Waals surface area contributed by atoms with Gasteiger partial charge in [-0.1, -0.05) is 29.8 Å². The number of carbonyl (C=O) groups excluding carboxylic acids is 2. The zero-order valence-electron chi connectivity index (χ0n) is 15.9. The van der Waals surface area contributed by atoms with E-state index in [4.69, 9.17) is 21.1 Å². The Kier molecular flexibility index (Phi) is 5.51. The largest absolute Gasteiger partial charge is 0.490 e. The monoisotopic (exact) mass is 413 g/mol. The summed E-state index contributed by atoms with van der Waals surface area (Å²) >= 11 is 5.97. The van der Waals surface area contributed by atoms with Crippen molar-refractivity contribution in [2.45, 2.75) is 13.0 Å². The van der Waals surface area contributed by atoms with E-state index in [9.17, 15) is 9.59 Å². The van der Waals surface area contributed by atoms with Gasteiger partial charge in [0.2, 0.25) is 0 Å². The van der Waals surface area contributed by atoms with Crippen molar-refractivity contribution in [3.63, 3.8) is 0 Å². The number of rotatable bonds is 5. The SMILES string of the molecule is CC(=O)c1cc(Cl)ccc1OCC1CN(C(=O)c2n[nH]c3ccccc23)CCO1. The minimum Gasteiger partial charge on any atom is -0.490 e. The van der Waals surface area contributed by atoms with Crippen molar-refractivity contribution in [2.24, 2.45) is 0 Å². The molecule has 3 aromatic rings. The molecule has 1 N–H and O–H groups in total. The first-order valence-corrected chi connectivity index (χ1v) is 9.68. The molecule has 1 atom stereocenters. The lowest BCUT2D eigenvalue weighted by atomic mass is 10.1. The third kappa shape index (κ3) is 4.11. The van der Waals surface area contributed by atoms with Gasteiger partial charge in [-0.05, 0) is 31.2 Å². The van der Waals surface area contributed by atoms with Crippen LogP contribution in [-0.2, 0) is 4.74 Å². The van der Waals surface area contributed by atoms with Crippen molar-refractivity contribution < 1.29 is 19.1 Å². The third-order valence-electron chi connectivity index (χ3n) is 4.84. The molecule has 1 amide bonds. The first-order chi connectivity index (χ1) is 14.0. The summed E-state index contributed by atoms with van der Waals surface area (Å²) in [6.45, 7) is 2.94. The summed E-state index contributed by atoms with van der Waals surface area (Å²) in [6, 6.07) is 12.4. The first-order valence-electron chi connectivity index (χ1n) is 9.30. The van der Waals surface area contributed by atoms with Gasteiger partial charge in [-0.15, -0.1) is 0 Å². The number of morpholine rings is 1. The lowest BCUT2D eigenvalue weighted by Gasteiger charge is -2.32. The maximum absolute atomic E-state index is 13.0. The van der Waals surface area contributed by atoms with Gasteiger partial charge in [-0.25, -0.2) is 0 Å². The zero-order valence-corrected chi connectivity index (χ0v) is 16.6. The Hall–Kier alpha value is -2.90. The summed E-state index contributed by atoms with van der Waals surface area (Å²) in [6.07, 6.45) is -0.312. The molecule has 150 valence electrons. The van der Waals surface area contributed by atoms with Crippen LogP contribution in [0.3, 0.4) is 0 Å². The van der Waals surface area contributed by atoms with Crippen molar-refractivity contribution in [2.75, 3.05) is 26.3 Å². The van der Waals surface area contributed by atoms with Crippen molar-refractivity contribution in [3.8, 4) is 5.75 Å². The van der Waals surface area contributed by atoms with E-state index in [2.05, 4.69) is 10.2 Å². The normalized spacial score (nSPS) is 16.8. The van der Waals surface area contributed by atoms with E-state index in [1.165, 1.54) is 6.92 Å². The maximum atomic E-state index is 13.0. The van der Waals surface area contributed by atoms with Crippen LogP contribution >= 0.6 is 11.6 Å². The smallest absolute Gasteiger partial charge is 0.275 e. The lowest BCUT2D eigenvalue weighted by Crippen LogP contribution is -2.47. The molecule has 0 aliphatic carbocycles. The average Bonchev–Trinajstić information content (AvgIpc) is 3.16. The van der Waals surface area contributed by atoms with E-state index in [-0.39, 0.29) is 24.4 Å². The van der Waals surface area contributed by atoms with Crippen molar-refractivity contribution in [3.05, 3.63) is 58.7 Å². The fraction of sp³-hybridized carbons (Fsp3) is 0.286. The Morgan fingerprint density at radius 3 is 2.97 bits per heavy atom. The number of hydrogen-bond donors (Lipinski definition) is 1. The van der Waals surface area contributed by atoms with E-state index < -0.39 is 0 Å². The number of para-hydroxylation sites is 1. The van der Waals surface area contributed by atoms with Crippen LogP contribution in [0.4, 0.5) is 0 Å². The molecule has 2 heterocycles. The van der Waals surface area contributed by atoms with Crippen LogP contribution in [0.1, 0.15) is 27.8 Å². The number of hydrogen-bond acceptors (Lipinski definition) is 5. The van der Waals surface area contributed by atoms with Crippen LogP contribution in [-0.4, -0.2) is 59.2 Å². The maximum Gasteiger partial charge on any atom is 0.275 e. The minimum absolute atomic E-state index is 0.130. The van der Waals surface area contributed by atoms with E-state index in [1.807, 2.05) is 24.3 Å². The van der Waals surface area contributed by atoms with E-state index in [0.717, 1.165) is 10.9 Å². The molecule has 1 aromatic heterocycles. The number of aromatic amines is 1. The van der Waals surface area contributed by atoms with Crippen LogP contribution in [0.15, 0.2) is 42.5 Å². The average molecular weight is 414 g/mol. The summed E-state index contributed by atoms with van der Waals surface area (Å²) < 4.78 is 11.6. The number of fused-ring (bicyclic) bond motifs is 1. The van der Waals surface area contributed by atoms with Crippen LogP contribution in [0.2, 0.25) is 5.02 Å². The molecule has 0 spiro atoms. The van der Waals surface area contributed by atoms with Gasteiger partial charge < -0.3 is 14.4 Å². The standard InChI is InChI=1S/C21H20ClN3O4/c1-13(26)17-10-14(22)6-7-19(17)29-12-15-11-25(8-9-28-15)21(27)20-16-4-2-3-5-18(16)23-24-20/h2-7,10,15H,8-9,11-12H2,1H3,(H,23,24). The van der Waals surface area contributed by atoms with Crippen molar-refractivity contribution >= 4 is 34.2 Å². The molecule has 7 nitrogen and oxygen atoms in total. The van der Waals surface area contributed by atoms with Gasteiger partial charge in [0, 0.05) is 17.0 Å². The molecule has 8 heteroatoms. The van der Waals surface area contributed by atoms with Gasteiger partial charge in [0.05, 0.1) is 24.2 Å². The number of halogens is 1. The highest BCUT2D eigenvalue weighted by molar-refractivity contribution is 6.31. The predicted molar refractivity (Wildman–Crippen MR) is 109 cm³/mol. The van der Waals surface area contributed by atoms with Gasteiger partial charge in [0.1, 0.15) is 18.5 Å². The van der Waals surface area contributed by atoms with Gasteiger partial charge in [0.15, 0.2) is 11.5 Å². The second-order valence-electron chi connectivity index (χ2n) is 6.87. The number of nitrogens with one attached hydrogen (secondary N) is 1. The van der Waals surface area contributed by atoms with Crippen LogP contribution < -0.4 is 4.74 Å². The number of aromatic nitrogens is 2. The molecule has 4 rings (SSSR count). The summed E-state index contributed by atoms with van der Waals surface area (Å²) in [5.41, 5.74) is 1.64. The van der Waals surface area contributed by atoms with Crippen molar-refractivity contribution in [1.29, 1.82) is 0 Å². The highest BCUT2D eigenvalue weighted by Crippen LogP contribution is 2.24. The Labute approximate surface area is 172 Å². The Bertz CT molecular complexity index is 1070. The lowest BCUT2D eigenvalue weighted by molar-refractivity contribution is -0.0402. The number of benzene rings is 2. The van der Waals surface area contributed by atoms with Crippen LogP contribution in [0, 0.1) is 0 Å². The third-order valence-corrected chi connectivity index (χ3v) is 5.08. The summed E-state index contributed by atoms with van der Waals surface area (Å²) in [4.78, 5) is 26.5. The van der Waals surface area contributed by atoms with E-state index in [1.54, 1.807) is 23.1 Å². The van der Waals surface area contributed by atoms with E-state index >= 15 is 0 Å². The van der Waals surface area contributed by atoms with Crippen LogP contribution in [0.25, 0.3) is 10.9 Å². The Morgan fingerprint density at radius 1 is 1.31 bits per heavy atom. The zero-order chi connectivity index (χ0) is 20.4. The predicted octanol–water partition coefficient (Wildman–Crippen LogP) is 3.34. The number of Topliss-reactive ketones (excluding diaryl/α,β-unsaturated/α-hetero) is 1. The Morgan fingerprint density at radius 2 is 2.14 bits per heavy atom. The van der Waals surface area contributed by atoms with Gasteiger partial charge in [0.25, 0.3) is 5.91 Å². The molecule has 1 aliphatic heterocycles. The number of ketones is 1.